The average molecular weight is 300 g/mol. The van der Waals surface area contributed by atoms with Gasteiger partial charge in [0.05, 0.1) is 17.8 Å². The number of aromatic nitrogens is 1. The molecule has 0 unspecified atom stereocenters. The van der Waals surface area contributed by atoms with E-state index in [-0.39, 0.29) is 5.69 Å². The van der Waals surface area contributed by atoms with Gasteiger partial charge in [0.25, 0.3) is 0 Å². The largest absolute Gasteiger partial charge is 0.481 e. The summed E-state index contributed by atoms with van der Waals surface area (Å²) in [6.07, 6.45) is -0.478. The number of carbonyl (C=O) groups is 1. The SMILES string of the molecule is O=C(O)Cc1nc(-c2cc(Cl)cc(Cl)c2)ccc1F. The molecule has 1 N–H and O–H groups in total. The lowest BCUT2D eigenvalue weighted by Gasteiger charge is -2.06. The van der Waals surface area contributed by atoms with E-state index >= 15 is 0 Å². The highest BCUT2D eigenvalue weighted by Gasteiger charge is 2.11. The summed E-state index contributed by atoms with van der Waals surface area (Å²) in [5, 5.41) is 9.54. The van der Waals surface area contributed by atoms with E-state index in [1.165, 1.54) is 12.1 Å². The van der Waals surface area contributed by atoms with Gasteiger partial charge in [-0.25, -0.2) is 9.37 Å². The minimum atomic E-state index is -1.15. The van der Waals surface area contributed by atoms with Gasteiger partial charge in [0.1, 0.15) is 5.82 Å². The third-order valence-corrected chi connectivity index (χ3v) is 2.83. The zero-order valence-electron chi connectivity index (χ0n) is 9.53. The van der Waals surface area contributed by atoms with Gasteiger partial charge in [0.15, 0.2) is 0 Å². The molecule has 0 aliphatic heterocycles. The smallest absolute Gasteiger partial charge is 0.309 e. The molecule has 1 aromatic carbocycles. The number of benzene rings is 1. The van der Waals surface area contributed by atoms with E-state index in [1.807, 2.05) is 0 Å². The van der Waals surface area contributed by atoms with Crippen LogP contribution in [0.4, 0.5) is 4.39 Å². The van der Waals surface area contributed by atoms with Gasteiger partial charge in [-0.1, -0.05) is 23.2 Å². The first kappa shape index (κ1) is 13.8. The summed E-state index contributed by atoms with van der Waals surface area (Å²) in [4.78, 5) is 14.6. The molecule has 0 aliphatic carbocycles. The van der Waals surface area contributed by atoms with E-state index in [0.717, 1.165) is 0 Å². The normalized spacial score (nSPS) is 10.5. The third-order valence-electron chi connectivity index (χ3n) is 2.40. The van der Waals surface area contributed by atoms with Crippen molar-refractivity contribution in [3.8, 4) is 11.3 Å². The van der Waals surface area contributed by atoms with Crippen molar-refractivity contribution in [2.24, 2.45) is 0 Å². The van der Waals surface area contributed by atoms with Crippen LogP contribution in [0.25, 0.3) is 11.3 Å². The zero-order chi connectivity index (χ0) is 14.0. The first-order valence-electron chi connectivity index (χ1n) is 5.29. The Balaban J connectivity index is 2.47. The molecule has 98 valence electrons. The number of carboxylic acids is 1. The van der Waals surface area contributed by atoms with Crippen LogP contribution in [-0.4, -0.2) is 16.1 Å². The molecule has 0 atom stereocenters. The first-order valence-corrected chi connectivity index (χ1v) is 6.05. The lowest BCUT2D eigenvalue weighted by molar-refractivity contribution is -0.136. The summed E-state index contributed by atoms with van der Waals surface area (Å²) < 4.78 is 13.4. The quantitative estimate of drug-likeness (QED) is 0.937. The number of aliphatic carboxylic acids is 1. The van der Waals surface area contributed by atoms with Gasteiger partial charge < -0.3 is 5.11 Å². The molecule has 1 aromatic heterocycles. The summed E-state index contributed by atoms with van der Waals surface area (Å²) >= 11 is 11.7. The van der Waals surface area contributed by atoms with E-state index in [1.54, 1.807) is 18.2 Å². The summed E-state index contributed by atoms with van der Waals surface area (Å²) in [5.41, 5.74) is 0.896. The van der Waals surface area contributed by atoms with Crippen LogP contribution in [0.15, 0.2) is 30.3 Å². The van der Waals surface area contributed by atoms with Crippen LogP contribution in [0.3, 0.4) is 0 Å². The number of pyridine rings is 1. The lowest BCUT2D eigenvalue weighted by atomic mass is 10.1. The fourth-order valence-corrected chi connectivity index (χ4v) is 2.14. The molecule has 0 radical (unpaired) electrons. The standard InChI is InChI=1S/C13H8Cl2FNO2/c14-8-3-7(4-9(15)5-8)11-2-1-10(16)12(17-11)6-13(18)19/h1-5H,6H2,(H,18,19). The van der Waals surface area contributed by atoms with Crippen molar-refractivity contribution < 1.29 is 14.3 Å². The molecule has 0 bridgehead atoms. The monoisotopic (exact) mass is 299 g/mol. The Morgan fingerprint density at radius 1 is 1.21 bits per heavy atom. The van der Waals surface area contributed by atoms with E-state index in [0.29, 0.717) is 21.3 Å². The molecule has 0 spiro atoms. The highest BCUT2D eigenvalue weighted by Crippen LogP contribution is 2.26. The van der Waals surface area contributed by atoms with Crippen LogP contribution in [-0.2, 0) is 11.2 Å². The van der Waals surface area contributed by atoms with Gasteiger partial charge >= 0.3 is 5.97 Å². The van der Waals surface area contributed by atoms with Crippen LogP contribution in [0.1, 0.15) is 5.69 Å². The molecule has 0 saturated carbocycles. The number of rotatable bonds is 3. The Morgan fingerprint density at radius 3 is 2.42 bits per heavy atom. The van der Waals surface area contributed by atoms with Gasteiger partial charge in [0, 0.05) is 15.6 Å². The van der Waals surface area contributed by atoms with Crippen molar-refractivity contribution in [3.05, 3.63) is 51.9 Å². The Morgan fingerprint density at radius 2 is 1.84 bits per heavy atom. The van der Waals surface area contributed by atoms with Crippen molar-refractivity contribution in [2.45, 2.75) is 6.42 Å². The molecule has 0 aliphatic rings. The van der Waals surface area contributed by atoms with Gasteiger partial charge in [0.2, 0.25) is 0 Å². The Hall–Kier alpha value is -1.65. The maximum Gasteiger partial charge on any atom is 0.309 e. The van der Waals surface area contributed by atoms with Gasteiger partial charge in [-0.3, -0.25) is 4.79 Å². The second-order valence-electron chi connectivity index (χ2n) is 3.85. The molecule has 0 amide bonds. The van der Waals surface area contributed by atoms with E-state index in [9.17, 15) is 9.18 Å². The van der Waals surface area contributed by atoms with Crippen molar-refractivity contribution >= 4 is 29.2 Å². The molecule has 3 nitrogen and oxygen atoms in total. The van der Waals surface area contributed by atoms with Crippen molar-refractivity contribution in [1.82, 2.24) is 4.98 Å². The predicted octanol–water partition coefficient (Wildman–Crippen LogP) is 3.82. The molecule has 6 heteroatoms. The summed E-state index contributed by atoms with van der Waals surface area (Å²) in [6.45, 7) is 0. The maximum atomic E-state index is 13.4. The van der Waals surface area contributed by atoms with Crippen LogP contribution >= 0.6 is 23.2 Å². The Bertz CT molecular complexity index is 626. The Kier molecular flexibility index (Phi) is 4.02. The molecule has 0 saturated heterocycles. The molecular weight excluding hydrogens is 292 g/mol. The highest BCUT2D eigenvalue weighted by molar-refractivity contribution is 6.35. The van der Waals surface area contributed by atoms with Gasteiger partial charge in [-0.05, 0) is 30.3 Å². The molecule has 1 heterocycles. The summed E-state index contributed by atoms with van der Waals surface area (Å²) in [7, 11) is 0. The minimum absolute atomic E-state index is 0.124. The second-order valence-corrected chi connectivity index (χ2v) is 4.73. The number of nitrogens with zero attached hydrogens (tertiary/aromatic N) is 1. The third kappa shape index (κ3) is 3.43. The van der Waals surface area contributed by atoms with Crippen LogP contribution in [0.2, 0.25) is 10.0 Å². The van der Waals surface area contributed by atoms with Gasteiger partial charge in [-0.15, -0.1) is 0 Å². The number of carboxylic acid groups (broad SMARTS) is 1. The summed E-state index contributed by atoms with van der Waals surface area (Å²) in [6, 6.07) is 7.43. The lowest BCUT2D eigenvalue weighted by Crippen LogP contribution is -2.05. The van der Waals surface area contributed by atoms with Crippen molar-refractivity contribution in [2.75, 3.05) is 0 Å². The number of hydrogen-bond acceptors (Lipinski definition) is 2. The van der Waals surface area contributed by atoms with E-state index < -0.39 is 18.2 Å². The van der Waals surface area contributed by atoms with Crippen molar-refractivity contribution in [1.29, 1.82) is 0 Å². The molecule has 2 rings (SSSR count). The predicted molar refractivity (Wildman–Crippen MR) is 71.0 cm³/mol. The fraction of sp³-hybridized carbons (Fsp3) is 0.0769. The molecule has 2 aromatic rings. The molecule has 0 fully saturated rings. The number of halogens is 3. The highest BCUT2D eigenvalue weighted by atomic mass is 35.5. The maximum absolute atomic E-state index is 13.4. The van der Waals surface area contributed by atoms with E-state index in [4.69, 9.17) is 28.3 Å². The Labute approximate surface area is 118 Å². The molecule has 19 heavy (non-hydrogen) atoms. The van der Waals surface area contributed by atoms with Crippen LogP contribution in [0, 0.1) is 5.82 Å². The summed E-state index contributed by atoms with van der Waals surface area (Å²) in [5.74, 6) is -1.80. The van der Waals surface area contributed by atoms with Crippen molar-refractivity contribution in [3.63, 3.8) is 0 Å². The van der Waals surface area contributed by atoms with Crippen LogP contribution in [0.5, 0.6) is 0 Å². The zero-order valence-corrected chi connectivity index (χ0v) is 11.0. The van der Waals surface area contributed by atoms with Crippen LogP contribution < -0.4 is 0 Å². The van der Waals surface area contributed by atoms with E-state index in [2.05, 4.69) is 4.98 Å². The number of hydrogen-bond donors (Lipinski definition) is 1. The second kappa shape index (κ2) is 5.55. The average Bonchev–Trinajstić information content (AvgIpc) is 2.30. The topological polar surface area (TPSA) is 50.2 Å². The minimum Gasteiger partial charge on any atom is -0.481 e. The first-order chi connectivity index (χ1) is 8.95. The molecular formula is C13H8Cl2FNO2. The van der Waals surface area contributed by atoms with Gasteiger partial charge in [-0.2, -0.15) is 0 Å². The fourth-order valence-electron chi connectivity index (χ4n) is 1.61.